The molecule has 3 aromatic rings. The van der Waals surface area contributed by atoms with Crippen molar-refractivity contribution >= 4 is 12.0 Å². The highest BCUT2D eigenvalue weighted by atomic mass is 16.5. The monoisotopic (exact) mass is 424 g/mol. The molecule has 0 aromatic heterocycles. The van der Waals surface area contributed by atoms with Gasteiger partial charge in [0.05, 0.1) is 6.61 Å². The standard InChI is InChI=1S/C28H28N2O2/c29-27(31)28(23-7-3-1-4-8-23,24-9-5-2-6-10-24)25-14-17-30(20-25)16-13-21-11-12-26-22(19-21)15-18-32-26/h1-13,16,19,25H,14-15,17-18,20H2,(H2,29,31)/t25-/m1/s1. The van der Waals surface area contributed by atoms with Crippen molar-refractivity contribution in [2.24, 2.45) is 11.7 Å². The number of fused-ring (bicyclic) bond motifs is 1. The molecule has 162 valence electrons. The van der Waals surface area contributed by atoms with Crippen molar-refractivity contribution in [1.82, 2.24) is 4.90 Å². The van der Waals surface area contributed by atoms with Gasteiger partial charge in [0.2, 0.25) is 5.91 Å². The van der Waals surface area contributed by atoms with E-state index in [-0.39, 0.29) is 11.8 Å². The Morgan fingerprint density at radius 3 is 2.34 bits per heavy atom. The van der Waals surface area contributed by atoms with Gasteiger partial charge in [0, 0.05) is 25.4 Å². The van der Waals surface area contributed by atoms with E-state index in [1.165, 1.54) is 11.1 Å². The maximum atomic E-state index is 13.2. The Balaban J connectivity index is 1.44. The molecule has 2 aliphatic rings. The van der Waals surface area contributed by atoms with E-state index in [1.807, 2.05) is 60.7 Å². The third-order valence-corrected chi connectivity index (χ3v) is 6.87. The van der Waals surface area contributed by atoms with E-state index in [0.717, 1.165) is 49.4 Å². The van der Waals surface area contributed by atoms with Gasteiger partial charge in [0.1, 0.15) is 11.2 Å². The molecular formula is C28H28N2O2. The van der Waals surface area contributed by atoms with E-state index < -0.39 is 5.41 Å². The van der Waals surface area contributed by atoms with Crippen LogP contribution in [0.4, 0.5) is 0 Å². The summed E-state index contributed by atoms with van der Waals surface area (Å²) in [6, 6.07) is 26.4. The summed E-state index contributed by atoms with van der Waals surface area (Å²) in [5, 5.41) is 0. The molecule has 0 saturated carbocycles. The molecule has 1 atom stereocenters. The van der Waals surface area contributed by atoms with Gasteiger partial charge in [-0.1, -0.05) is 66.7 Å². The first kappa shape index (κ1) is 20.4. The minimum absolute atomic E-state index is 0.0860. The number of hydrogen-bond acceptors (Lipinski definition) is 3. The van der Waals surface area contributed by atoms with E-state index in [2.05, 4.69) is 35.4 Å². The van der Waals surface area contributed by atoms with Gasteiger partial charge >= 0.3 is 0 Å². The van der Waals surface area contributed by atoms with Crippen LogP contribution >= 0.6 is 0 Å². The smallest absolute Gasteiger partial charge is 0.232 e. The number of ether oxygens (including phenoxy) is 1. The minimum atomic E-state index is -0.851. The predicted octanol–water partition coefficient (Wildman–Crippen LogP) is 4.39. The van der Waals surface area contributed by atoms with Crippen LogP contribution in [0.15, 0.2) is 85.1 Å². The maximum Gasteiger partial charge on any atom is 0.232 e. The van der Waals surface area contributed by atoms with Gasteiger partial charge < -0.3 is 15.4 Å². The zero-order valence-corrected chi connectivity index (χ0v) is 18.1. The molecule has 5 rings (SSSR count). The normalized spacial score (nSPS) is 18.0. The molecule has 3 aromatic carbocycles. The van der Waals surface area contributed by atoms with Crippen LogP contribution in [0, 0.1) is 5.92 Å². The molecule has 4 nitrogen and oxygen atoms in total. The van der Waals surface area contributed by atoms with Crippen molar-refractivity contribution in [2.45, 2.75) is 18.3 Å². The number of nitrogens with two attached hydrogens (primary N) is 1. The summed E-state index contributed by atoms with van der Waals surface area (Å²) in [5.74, 6) is 0.799. The Morgan fingerprint density at radius 2 is 1.69 bits per heavy atom. The summed E-state index contributed by atoms with van der Waals surface area (Å²) in [4.78, 5) is 15.5. The van der Waals surface area contributed by atoms with Crippen molar-refractivity contribution < 1.29 is 9.53 Å². The zero-order valence-electron chi connectivity index (χ0n) is 18.1. The quantitative estimate of drug-likeness (QED) is 0.639. The summed E-state index contributed by atoms with van der Waals surface area (Å²) >= 11 is 0. The zero-order chi connectivity index (χ0) is 22.0. The average Bonchev–Trinajstić information content (AvgIpc) is 3.49. The molecule has 0 radical (unpaired) electrons. The van der Waals surface area contributed by atoms with Gasteiger partial charge in [-0.25, -0.2) is 0 Å². The number of primary amides is 1. The Hall–Kier alpha value is -3.53. The van der Waals surface area contributed by atoms with Gasteiger partial charge in [0.25, 0.3) is 0 Å². The summed E-state index contributed by atoms with van der Waals surface area (Å²) in [5.41, 5.74) is 9.71. The number of benzene rings is 3. The highest BCUT2D eigenvalue weighted by molar-refractivity contribution is 5.91. The summed E-state index contributed by atoms with van der Waals surface area (Å²) in [6.45, 7) is 2.44. The van der Waals surface area contributed by atoms with E-state index in [1.54, 1.807) is 0 Å². The SMILES string of the molecule is NC(=O)C(c1ccccc1)(c1ccccc1)[C@@H]1CCN(C=Cc2ccc3c(c2)CCO3)C1. The minimum Gasteiger partial charge on any atom is -0.493 e. The fourth-order valence-electron chi connectivity index (χ4n) is 5.30. The van der Waals surface area contributed by atoms with Crippen molar-refractivity contribution in [1.29, 1.82) is 0 Å². The predicted molar refractivity (Wildman–Crippen MR) is 127 cm³/mol. The number of likely N-dealkylation sites (tertiary alicyclic amines) is 1. The highest BCUT2D eigenvalue weighted by Gasteiger charge is 2.49. The molecule has 2 aliphatic heterocycles. The van der Waals surface area contributed by atoms with Crippen LogP contribution < -0.4 is 10.5 Å². The Labute approximate surface area is 189 Å². The Morgan fingerprint density at radius 1 is 1.00 bits per heavy atom. The molecular weight excluding hydrogens is 396 g/mol. The molecule has 2 N–H and O–H groups in total. The number of nitrogens with zero attached hydrogens (tertiary/aromatic N) is 1. The number of hydrogen-bond donors (Lipinski definition) is 1. The molecule has 32 heavy (non-hydrogen) atoms. The van der Waals surface area contributed by atoms with E-state index in [9.17, 15) is 4.79 Å². The van der Waals surface area contributed by atoms with Crippen LogP contribution in [0.5, 0.6) is 5.75 Å². The summed E-state index contributed by atoms with van der Waals surface area (Å²) in [6.07, 6.45) is 6.17. The first-order valence-corrected chi connectivity index (χ1v) is 11.3. The first-order valence-electron chi connectivity index (χ1n) is 11.3. The first-order chi connectivity index (χ1) is 15.7. The average molecular weight is 425 g/mol. The van der Waals surface area contributed by atoms with Gasteiger partial charge in [-0.15, -0.1) is 0 Å². The summed E-state index contributed by atoms with van der Waals surface area (Å²) < 4.78 is 5.61. The topological polar surface area (TPSA) is 55.6 Å². The molecule has 1 fully saturated rings. The fraction of sp³-hybridized carbons (Fsp3) is 0.250. The van der Waals surface area contributed by atoms with E-state index in [0.29, 0.717) is 0 Å². The van der Waals surface area contributed by atoms with Crippen LogP contribution in [0.25, 0.3) is 6.08 Å². The van der Waals surface area contributed by atoms with Crippen LogP contribution in [-0.2, 0) is 16.6 Å². The van der Waals surface area contributed by atoms with E-state index >= 15 is 0 Å². The fourth-order valence-corrected chi connectivity index (χ4v) is 5.30. The third-order valence-electron chi connectivity index (χ3n) is 6.87. The lowest BCUT2D eigenvalue weighted by atomic mass is 9.64. The molecule has 2 heterocycles. The lowest BCUT2D eigenvalue weighted by Gasteiger charge is -2.37. The second-order valence-electron chi connectivity index (χ2n) is 8.67. The maximum absolute atomic E-state index is 13.2. The van der Waals surface area contributed by atoms with Crippen molar-refractivity contribution in [2.75, 3.05) is 19.7 Å². The van der Waals surface area contributed by atoms with E-state index in [4.69, 9.17) is 10.5 Å². The van der Waals surface area contributed by atoms with Gasteiger partial charge in [-0.2, -0.15) is 0 Å². The lowest BCUT2D eigenvalue weighted by molar-refractivity contribution is -0.123. The molecule has 0 bridgehead atoms. The number of carbonyl (C=O) groups is 1. The van der Waals surface area contributed by atoms with Gasteiger partial charge in [-0.05, 0) is 53.1 Å². The lowest BCUT2D eigenvalue weighted by Crippen LogP contribution is -2.49. The molecule has 0 unspecified atom stereocenters. The van der Waals surface area contributed by atoms with Gasteiger partial charge in [-0.3, -0.25) is 4.79 Å². The molecule has 1 saturated heterocycles. The van der Waals surface area contributed by atoms with Crippen LogP contribution in [0.2, 0.25) is 0 Å². The molecule has 1 amide bonds. The Bertz CT molecular complexity index is 1090. The third kappa shape index (κ3) is 3.56. The highest BCUT2D eigenvalue weighted by Crippen LogP contribution is 2.43. The van der Waals surface area contributed by atoms with Crippen molar-refractivity contribution in [3.63, 3.8) is 0 Å². The second-order valence-corrected chi connectivity index (χ2v) is 8.67. The summed E-state index contributed by atoms with van der Waals surface area (Å²) in [7, 11) is 0. The van der Waals surface area contributed by atoms with Crippen LogP contribution in [0.3, 0.4) is 0 Å². The number of carbonyl (C=O) groups excluding carboxylic acids is 1. The van der Waals surface area contributed by atoms with Crippen molar-refractivity contribution in [3.05, 3.63) is 107 Å². The Kier molecular flexibility index (Phi) is 5.44. The van der Waals surface area contributed by atoms with Crippen molar-refractivity contribution in [3.8, 4) is 5.75 Å². The number of rotatable bonds is 6. The largest absolute Gasteiger partial charge is 0.493 e. The van der Waals surface area contributed by atoms with Gasteiger partial charge in [0.15, 0.2) is 0 Å². The van der Waals surface area contributed by atoms with Crippen LogP contribution in [0.1, 0.15) is 28.7 Å². The molecule has 4 heteroatoms. The molecule has 0 aliphatic carbocycles. The van der Waals surface area contributed by atoms with Crippen LogP contribution in [-0.4, -0.2) is 30.5 Å². The second kappa shape index (κ2) is 8.54. The number of amides is 1. The molecule has 0 spiro atoms.